The van der Waals surface area contributed by atoms with Gasteiger partial charge in [-0.1, -0.05) is 25.0 Å². The van der Waals surface area contributed by atoms with E-state index in [-0.39, 0.29) is 11.8 Å². The summed E-state index contributed by atoms with van der Waals surface area (Å²) in [6.07, 6.45) is 5.32. The molecule has 0 heterocycles. The number of guanidine groups is 1. The van der Waals surface area contributed by atoms with Gasteiger partial charge in [0.2, 0.25) is 0 Å². The zero-order valence-electron chi connectivity index (χ0n) is 15.3. The van der Waals surface area contributed by atoms with Gasteiger partial charge >= 0.3 is 5.97 Å². The highest BCUT2D eigenvalue weighted by atomic mass is 19.1. The minimum atomic E-state index is -0.212. The highest BCUT2D eigenvalue weighted by molar-refractivity contribution is 5.79. The Morgan fingerprint density at radius 3 is 2.44 bits per heavy atom. The largest absolute Gasteiger partial charge is 0.466 e. The van der Waals surface area contributed by atoms with Gasteiger partial charge in [0.05, 0.1) is 6.61 Å². The van der Waals surface area contributed by atoms with E-state index >= 15 is 0 Å². The first-order valence-corrected chi connectivity index (χ1v) is 9.00. The summed E-state index contributed by atoms with van der Waals surface area (Å²) in [6, 6.07) is 6.54. The quantitative estimate of drug-likeness (QED) is 0.278. The van der Waals surface area contributed by atoms with E-state index in [2.05, 4.69) is 15.6 Å². The van der Waals surface area contributed by atoms with Gasteiger partial charge < -0.3 is 15.4 Å². The summed E-state index contributed by atoms with van der Waals surface area (Å²) >= 11 is 0. The summed E-state index contributed by atoms with van der Waals surface area (Å²) in [5.41, 5.74) is 1.09. The number of unbranched alkanes of at least 4 members (excludes halogenated alkanes) is 3. The fourth-order valence-corrected chi connectivity index (χ4v) is 2.38. The van der Waals surface area contributed by atoms with Crippen LogP contribution in [-0.4, -0.2) is 38.7 Å². The molecule has 0 radical (unpaired) electrons. The number of nitrogens with one attached hydrogen (secondary N) is 2. The highest BCUT2D eigenvalue weighted by Gasteiger charge is 2.01. The van der Waals surface area contributed by atoms with Crippen LogP contribution in [-0.2, 0) is 16.0 Å². The third-order valence-electron chi connectivity index (χ3n) is 3.75. The number of halogens is 1. The van der Waals surface area contributed by atoms with E-state index in [4.69, 9.17) is 4.74 Å². The number of rotatable bonds is 11. The van der Waals surface area contributed by atoms with E-state index in [9.17, 15) is 9.18 Å². The fraction of sp³-hybridized carbons (Fsp3) is 0.579. The molecule has 1 aromatic rings. The van der Waals surface area contributed by atoms with E-state index in [1.54, 1.807) is 19.2 Å². The molecule has 6 heteroatoms. The summed E-state index contributed by atoms with van der Waals surface area (Å²) in [7, 11) is 1.74. The lowest BCUT2D eigenvalue weighted by atomic mass is 10.1. The van der Waals surface area contributed by atoms with Crippen LogP contribution in [0.25, 0.3) is 0 Å². The lowest BCUT2D eigenvalue weighted by Crippen LogP contribution is -2.38. The van der Waals surface area contributed by atoms with E-state index in [1.165, 1.54) is 12.1 Å². The van der Waals surface area contributed by atoms with Crippen molar-refractivity contribution in [3.05, 3.63) is 35.6 Å². The van der Waals surface area contributed by atoms with Crippen LogP contribution >= 0.6 is 0 Å². The molecule has 0 aliphatic carbocycles. The van der Waals surface area contributed by atoms with Gasteiger partial charge in [0.15, 0.2) is 5.96 Å². The zero-order valence-corrected chi connectivity index (χ0v) is 15.3. The molecule has 0 saturated carbocycles. The van der Waals surface area contributed by atoms with Crippen LogP contribution < -0.4 is 10.6 Å². The molecule has 0 atom stereocenters. The third-order valence-corrected chi connectivity index (χ3v) is 3.75. The van der Waals surface area contributed by atoms with Gasteiger partial charge in [0, 0.05) is 26.6 Å². The van der Waals surface area contributed by atoms with Crippen LogP contribution in [0.1, 0.15) is 44.6 Å². The summed E-state index contributed by atoms with van der Waals surface area (Å²) in [5.74, 6) is 0.455. The predicted octanol–water partition coefficient (Wildman–Crippen LogP) is 3.05. The number of ether oxygens (including phenoxy) is 1. The summed E-state index contributed by atoms with van der Waals surface area (Å²) in [4.78, 5) is 15.4. The maximum atomic E-state index is 12.8. The molecule has 0 saturated heterocycles. The van der Waals surface area contributed by atoms with Crippen molar-refractivity contribution < 1.29 is 13.9 Å². The van der Waals surface area contributed by atoms with Crippen LogP contribution in [0.4, 0.5) is 4.39 Å². The topological polar surface area (TPSA) is 62.7 Å². The SMILES string of the molecule is CCOC(=O)CCCCCCNC(=NC)NCCc1ccc(F)cc1. The number of benzene rings is 1. The van der Waals surface area contributed by atoms with Crippen molar-refractivity contribution in [3.8, 4) is 0 Å². The van der Waals surface area contributed by atoms with Crippen molar-refractivity contribution in [2.75, 3.05) is 26.7 Å². The molecule has 2 N–H and O–H groups in total. The Balaban J connectivity index is 2.04. The summed E-state index contributed by atoms with van der Waals surface area (Å²) in [6.45, 7) is 3.86. The molecule has 0 bridgehead atoms. The van der Waals surface area contributed by atoms with E-state index in [0.29, 0.717) is 13.0 Å². The van der Waals surface area contributed by atoms with Gasteiger partial charge in [0.25, 0.3) is 0 Å². The van der Waals surface area contributed by atoms with Gasteiger partial charge in [-0.15, -0.1) is 0 Å². The second-order valence-electron chi connectivity index (χ2n) is 5.77. The molecule has 0 unspecified atom stereocenters. The number of carbonyl (C=O) groups excluding carboxylic acids is 1. The van der Waals surface area contributed by atoms with Crippen LogP contribution in [0.3, 0.4) is 0 Å². The number of carbonyl (C=O) groups is 1. The molecule has 5 nitrogen and oxygen atoms in total. The van der Waals surface area contributed by atoms with Crippen molar-refractivity contribution in [2.24, 2.45) is 4.99 Å². The first-order valence-electron chi connectivity index (χ1n) is 9.00. The van der Waals surface area contributed by atoms with Crippen molar-refractivity contribution >= 4 is 11.9 Å². The number of hydrogen-bond acceptors (Lipinski definition) is 3. The maximum absolute atomic E-state index is 12.8. The Hall–Kier alpha value is -2.11. The average molecular weight is 351 g/mol. The molecule has 140 valence electrons. The molecule has 0 fully saturated rings. The Morgan fingerprint density at radius 2 is 1.76 bits per heavy atom. The second-order valence-corrected chi connectivity index (χ2v) is 5.77. The Bertz CT molecular complexity index is 518. The highest BCUT2D eigenvalue weighted by Crippen LogP contribution is 2.04. The molecular weight excluding hydrogens is 321 g/mol. The molecule has 0 spiro atoms. The maximum Gasteiger partial charge on any atom is 0.305 e. The van der Waals surface area contributed by atoms with E-state index < -0.39 is 0 Å². The van der Waals surface area contributed by atoms with Crippen molar-refractivity contribution in [2.45, 2.75) is 45.4 Å². The summed E-state index contributed by atoms with van der Waals surface area (Å²) in [5, 5.41) is 6.52. The number of nitrogens with zero attached hydrogens (tertiary/aromatic N) is 1. The minimum Gasteiger partial charge on any atom is -0.466 e. The Kier molecular flexibility index (Phi) is 11.1. The fourth-order valence-electron chi connectivity index (χ4n) is 2.38. The smallest absolute Gasteiger partial charge is 0.305 e. The third kappa shape index (κ3) is 10.4. The van der Waals surface area contributed by atoms with Crippen LogP contribution in [0.5, 0.6) is 0 Å². The molecular formula is C19H30FN3O2. The molecule has 25 heavy (non-hydrogen) atoms. The number of aliphatic imine (C=N–C) groups is 1. The van der Waals surface area contributed by atoms with Gasteiger partial charge in [-0.3, -0.25) is 9.79 Å². The van der Waals surface area contributed by atoms with E-state index in [0.717, 1.165) is 56.7 Å². The molecule has 0 aliphatic heterocycles. The standard InChI is InChI=1S/C19H30FN3O2/c1-3-25-18(24)8-6-4-5-7-14-22-19(21-2)23-15-13-16-9-11-17(20)12-10-16/h9-12H,3-8,13-15H2,1-2H3,(H2,21,22,23). The van der Waals surface area contributed by atoms with Crippen LogP contribution in [0.2, 0.25) is 0 Å². The van der Waals surface area contributed by atoms with Gasteiger partial charge in [-0.25, -0.2) is 4.39 Å². The van der Waals surface area contributed by atoms with Crippen molar-refractivity contribution in [3.63, 3.8) is 0 Å². The molecule has 1 aromatic carbocycles. The van der Waals surface area contributed by atoms with Crippen molar-refractivity contribution in [1.82, 2.24) is 10.6 Å². The molecule has 0 aliphatic rings. The van der Waals surface area contributed by atoms with Gasteiger partial charge in [0.1, 0.15) is 5.82 Å². The Morgan fingerprint density at radius 1 is 1.08 bits per heavy atom. The first kappa shape index (κ1) is 20.9. The van der Waals surface area contributed by atoms with Crippen molar-refractivity contribution in [1.29, 1.82) is 0 Å². The lowest BCUT2D eigenvalue weighted by molar-refractivity contribution is -0.143. The second kappa shape index (κ2) is 13.2. The van der Waals surface area contributed by atoms with Gasteiger partial charge in [-0.05, 0) is 43.9 Å². The lowest BCUT2D eigenvalue weighted by Gasteiger charge is -2.12. The van der Waals surface area contributed by atoms with Crippen LogP contribution in [0.15, 0.2) is 29.3 Å². The minimum absolute atomic E-state index is 0.105. The van der Waals surface area contributed by atoms with Crippen LogP contribution in [0, 0.1) is 5.82 Å². The van der Waals surface area contributed by atoms with Gasteiger partial charge in [-0.2, -0.15) is 0 Å². The first-order chi connectivity index (χ1) is 12.2. The number of hydrogen-bond donors (Lipinski definition) is 2. The monoisotopic (exact) mass is 351 g/mol. The molecule has 0 aromatic heterocycles. The predicted molar refractivity (Wildman–Crippen MR) is 99.2 cm³/mol. The summed E-state index contributed by atoms with van der Waals surface area (Å²) < 4.78 is 17.7. The molecule has 0 amide bonds. The average Bonchev–Trinajstić information content (AvgIpc) is 2.61. The van der Waals surface area contributed by atoms with E-state index in [1.807, 2.05) is 6.92 Å². The number of esters is 1. The Labute approximate surface area is 150 Å². The normalized spacial score (nSPS) is 11.2. The zero-order chi connectivity index (χ0) is 18.3. The molecule has 1 rings (SSSR count).